The molecule has 1 aromatic heterocycles. The number of amides is 1. The zero-order chi connectivity index (χ0) is 18.6. The standard InChI is InChI=1S/C16H15ClN2O5S/c1-3-24-16(21)14-13(9(2)25-15(14)18-12(20)8-17)10-4-6-11(7-5-10)19(22)23/h4-7H,3,8H2,1-2H3,(H,18,20). The van der Waals surface area contributed by atoms with Crippen LogP contribution in [0.4, 0.5) is 10.7 Å². The fourth-order valence-electron chi connectivity index (χ4n) is 2.29. The number of nitrogens with zero attached hydrogens (tertiary/aromatic N) is 1. The van der Waals surface area contributed by atoms with E-state index in [0.717, 1.165) is 4.88 Å². The average molecular weight is 383 g/mol. The Hall–Kier alpha value is -2.45. The number of nitrogens with one attached hydrogen (secondary N) is 1. The van der Waals surface area contributed by atoms with Crippen molar-refractivity contribution in [3.05, 3.63) is 44.8 Å². The van der Waals surface area contributed by atoms with Gasteiger partial charge in [-0.25, -0.2) is 4.79 Å². The molecule has 1 N–H and O–H groups in total. The lowest BCUT2D eigenvalue weighted by atomic mass is 10.0. The Kier molecular flexibility index (Phi) is 6.11. The highest BCUT2D eigenvalue weighted by Crippen LogP contribution is 2.40. The highest BCUT2D eigenvalue weighted by Gasteiger charge is 2.25. The number of nitro groups is 1. The molecular formula is C16H15ClN2O5S. The van der Waals surface area contributed by atoms with Crippen LogP contribution in [0.15, 0.2) is 24.3 Å². The van der Waals surface area contributed by atoms with E-state index < -0.39 is 16.8 Å². The maximum Gasteiger partial charge on any atom is 0.341 e. The van der Waals surface area contributed by atoms with Crippen LogP contribution in [0.25, 0.3) is 11.1 Å². The van der Waals surface area contributed by atoms with Gasteiger partial charge in [0.15, 0.2) is 0 Å². The minimum atomic E-state index is -0.579. The number of hydrogen-bond donors (Lipinski definition) is 1. The van der Waals surface area contributed by atoms with Gasteiger partial charge in [0.05, 0.1) is 11.5 Å². The fraction of sp³-hybridized carbons (Fsp3) is 0.250. The molecule has 0 saturated carbocycles. The first-order valence-electron chi connectivity index (χ1n) is 7.30. The largest absolute Gasteiger partial charge is 0.462 e. The molecule has 0 atom stereocenters. The molecule has 0 aliphatic heterocycles. The van der Waals surface area contributed by atoms with Crippen LogP contribution in [0.3, 0.4) is 0 Å². The van der Waals surface area contributed by atoms with Gasteiger partial charge >= 0.3 is 5.97 Å². The number of benzene rings is 1. The van der Waals surface area contributed by atoms with Gasteiger partial charge in [0.2, 0.25) is 5.91 Å². The topological polar surface area (TPSA) is 98.5 Å². The van der Waals surface area contributed by atoms with Crippen molar-refractivity contribution in [2.24, 2.45) is 0 Å². The van der Waals surface area contributed by atoms with E-state index in [1.807, 2.05) is 0 Å². The summed E-state index contributed by atoms with van der Waals surface area (Å²) in [6, 6.07) is 5.84. The van der Waals surface area contributed by atoms with E-state index in [-0.39, 0.29) is 23.7 Å². The highest BCUT2D eigenvalue weighted by molar-refractivity contribution is 7.17. The summed E-state index contributed by atoms with van der Waals surface area (Å²) in [6.45, 7) is 3.65. The smallest absolute Gasteiger partial charge is 0.341 e. The van der Waals surface area contributed by atoms with Crippen LogP contribution in [-0.2, 0) is 9.53 Å². The number of non-ortho nitro benzene ring substituents is 1. The predicted molar refractivity (Wildman–Crippen MR) is 96.5 cm³/mol. The molecule has 2 aromatic rings. The Morgan fingerprint density at radius 1 is 1.32 bits per heavy atom. The number of hydrogen-bond acceptors (Lipinski definition) is 6. The van der Waals surface area contributed by atoms with Gasteiger partial charge in [-0.15, -0.1) is 22.9 Å². The number of alkyl halides is 1. The second-order valence-corrected chi connectivity index (χ2v) is 6.44. The van der Waals surface area contributed by atoms with Gasteiger partial charge in [0.1, 0.15) is 16.4 Å². The minimum Gasteiger partial charge on any atom is -0.462 e. The second-order valence-electron chi connectivity index (χ2n) is 4.94. The molecule has 0 saturated heterocycles. The third-order valence-electron chi connectivity index (χ3n) is 3.30. The maximum absolute atomic E-state index is 12.4. The lowest BCUT2D eigenvalue weighted by Crippen LogP contribution is -2.15. The number of ether oxygens (including phenoxy) is 1. The van der Waals surface area contributed by atoms with Crippen LogP contribution in [0.5, 0.6) is 0 Å². The number of carbonyl (C=O) groups is 2. The Balaban J connectivity index is 2.57. The zero-order valence-electron chi connectivity index (χ0n) is 13.5. The van der Waals surface area contributed by atoms with Crippen LogP contribution in [-0.4, -0.2) is 29.3 Å². The van der Waals surface area contributed by atoms with Crippen molar-refractivity contribution in [3.63, 3.8) is 0 Å². The second kappa shape index (κ2) is 8.09. The van der Waals surface area contributed by atoms with Gasteiger partial charge < -0.3 is 10.1 Å². The number of esters is 1. The number of nitro benzene ring substituents is 1. The molecule has 7 nitrogen and oxygen atoms in total. The van der Waals surface area contributed by atoms with E-state index in [1.165, 1.54) is 23.5 Å². The molecule has 0 spiro atoms. The van der Waals surface area contributed by atoms with Gasteiger partial charge in [-0.1, -0.05) is 0 Å². The molecule has 132 valence electrons. The number of anilines is 1. The number of aryl methyl sites for hydroxylation is 1. The molecule has 25 heavy (non-hydrogen) atoms. The third kappa shape index (κ3) is 4.15. The molecule has 0 unspecified atom stereocenters. The molecular weight excluding hydrogens is 368 g/mol. The number of rotatable bonds is 6. The summed E-state index contributed by atoms with van der Waals surface area (Å²) >= 11 is 6.74. The first-order chi connectivity index (χ1) is 11.9. The Labute approximate surface area is 152 Å². The van der Waals surface area contributed by atoms with Crippen molar-refractivity contribution < 1.29 is 19.2 Å². The molecule has 1 aromatic carbocycles. The van der Waals surface area contributed by atoms with E-state index in [2.05, 4.69) is 5.32 Å². The molecule has 0 bridgehead atoms. The van der Waals surface area contributed by atoms with Crippen molar-refractivity contribution in [1.29, 1.82) is 0 Å². The number of halogens is 1. The average Bonchev–Trinajstić information content (AvgIpc) is 2.90. The van der Waals surface area contributed by atoms with Crippen molar-refractivity contribution in [3.8, 4) is 11.1 Å². The SMILES string of the molecule is CCOC(=O)c1c(NC(=O)CCl)sc(C)c1-c1ccc([N+](=O)[O-])cc1. The van der Waals surface area contributed by atoms with Crippen LogP contribution in [0, 0.1) is 17.0 Å². The van der Waals surface area contributed by atoms with E-state index in [1.54, 1.807) is 26.0 Å². The van der Waals surface area contributed by atoms with Crippen LogP contribution in [0.1, 0.15) is 22.2 Å². The lowest BCUT2D eigenvalue weighted by Gasteiger charge is -2.08. The molecule has 1 heterocycles. The summed E-state index contributed by atoms with van der Waals surface area (Å²) in [5, 5.41) is 13.7. The lowest BCUT2D eigenvalue weighted by molar-refractivity contribution is -0.384. The van der Waals surface area contributed by atoms with Gasteiger partial charge in [0.25, 0.3) is 5.69 Å². The summed E-state index contributed by atoms with van der Waals surface area (Å²) in [6.07, 6.45) is 0. The van der Waals surface area contributed by atoms with Crippen LogP contribution >= 0.6 is 22.9 Å². The monoisotopic (exact) mass is 382 g/mol. The van der Waals surface area contributed by atoms with E-state index in [9.17, 15) is 19.7 Å². The normalized spacial score (nSPS) is 10.4. The van der Waals surface area contributed by atoms with Gasteiger partial charge in [0, 0.05) is 22.6 Å². The Bertz CT molecular complexity index is 817. The number of carbonyl (C=O) groups excluding carboxylic acids is 2. The van der Waals surface area contributed by atoms with E-state index in [0.29, 0.717) is 16.1 Å². The zero-order valence-corrected chi connectivity index (χ0v) is 15.1. The van der Waals surface area contributed by atoms with Crippen molar-refractivity contribution >= 4 is 45.5 Å². The Morgan fingerprint density at radius 3 is 2.48 bits per heavy atom. The molecule has 9 heteroatoms. The van der Waals surface area contributed by atoms with Gasteiger partial charge in [-0.05, 0) is 31.5 Å². The molecule has 0 aliphatic carbocycles. The first-order valence-corrected chi connectivity index (χ1v) is 8.65. The third-order valence-corrected chi connectivity index (χ3v) is 4.57. The molecule has 0 fully saturated rings. The fourth-order valence-corrected chi connectivity index (χ4v) is 3.44. The summed E-state index contributed by atoms with van der Waals surface area (Å²) in [5.41, 5.74) is 1.36. The molecule has 0 radical (unpaired) electrons. The number of thiophene rings is 1. The van der Waals surface area contributed by atoms with E-state index >= 15 is 0 Å². The van der Waals surface area contributed by atoms with Gasteiger partial charge in [-0.3, -0.25) is 14.9 Å². The van der Waals surface area contributed by atoms with Crippen LogP contribution < -0.4 is 5.32 Å². The molecule has 2 rings (SSSR count). The van der Waals surface area contributed by atoms with Crippen molar-refractivity contribution in [2.75, 3.05) is 17.8 Å². The Morgan fingerprint density at radius 2 is 1.96 bits per heavy atom. The first kappa shape index (κ1) is 18.9. The summed E-state index contributed by atoms with van der Waals surface area (Å²) in [7, 11) is 0. The van der Waals surface area contributed by atoms with Crippen molar-refractivity contribution in [1.82, 2.24) is 0 Å². The van der Waals surface area contributed by atoms with Gasteiger partial charge in [-0.2, -0.15) is 0 Å². The summed E-state index contributed by atoms with van der Waals surface area (Å²) in [4.78, 5) is 35.1. The summed E-state index contributed by atoms with van der Waals surface area (Å²) in [5.74, 6) is -1.26. The quantitative estimate of drug-likeness (QED) is 0.352. The minimum absolute atomic E-state index is 0.0509. The van der Waals surface area contributed by atoms with Crippen LogP contribution in [0.2, 0.25) is 0 Å². The maximum atomic E-state index is 12.4. The van der Waals surface area contributed by atoms with Crippen molar-refractivity contribution in [2.45, 2.75) is 13.8 Å². The molecule has 0 aliphatic rings. The highest BCUT2D eigenvalue weighted by atomic mass is 35.5. The van der Waals surface area contributed by atoms with E-state index in [4.69, 9.17) is 16.3 Å². The predicted octanol–water partition coefficient (Wildman–Crippen LogP) is 3.99. The summed E-state index contributed by atoms with van der Waals surface area (Å²) < 4.78 is 5.10. The molecule has 1 amide bonds.